The number of aromatic nitrogens is 1. The van der Waals surface area contributed by atoms with Crippen LogP contribution in [0.2, 0.25) is 5.02 Å². The third kappa shape index (κ3) is 3.18. The Hall–Kier alpha value is -1.62. The summed E-state index contributed by atoms with van der Waals surface area (Å²) in [6, 6.07) is 11.8. The van der Waals surface area contributed by atoms with Crippen molar-refractivity contribution in [3.8, 4) is 5.75 Å². The number of hydrogen-bond donors (Lipinski definition) is 1. The summed E-state index contributed by atoms with van der Waals surface area (Å²) in [5, 5.41) is 8.96. The van der Waals surface area contributed by atoms with E-state index in [4.69, 9.17) is 16.3 Å². The van der Waals surface area contributed by atoms with Crippen LogP contribution in [0.1, 0.15) is 10.7 Å². The van der Waals surface area contributed by atoms with Gasteiger partial charge in [-0.15, -0.1) is 11.3 Å². The van der Waals surface area contributed by atoms with Crippen molar-refractivity contribution in [1.29, 1.82) is 0 Å². The van der Waals surface area contributed by atoms with Crippen molar-refractivity contribution in [3.63, 3.8) is 0 Å². The Bertz CT molecular complexity index is 757. The molecule has 0 unspecified atom stereocenters. The van der Waals surface area contributed by atoms with Crippen LogP contribution >= 0.6 is 22.9 Å². The lowest BCUT2D eigenvalue weighted by Gasteiger charge is -2.09. The van der Waals surface area contributed by atoms with E-state index in [9.17, 15) is 0 Å². The molecule has 0 saturated carbocycles. The number of nitrogens with one attached hydrogen (secondary N) is 1. The molecule has 1 N–H and O–H groups in total. The zero-order valence-electron chi connectivity index (χ0n) is 11.6. The van der Waals surface area contributed by atoms with E-state index < -0.39 is 0 Å². The van der Waals surface area contributed by atoms with Gasteiger partial charge in [-0.25, -0.2) is 4.98 Å². The minimum Gasteiger partial charge on any atom is -0.487 e. The van der Waals surface area contributed by atoms with Gasteiger partial charge in [0.2, 0.25) is 0 Å². The predicted octanol–water partition coefficient (Wildman–Crippen LogP) is 4.25. The van der Waals surface area contributed by atoms with Gasteiger partial charge < -0.3 is 10.1 Å². The summed E-state index contributed by atoms with van der Waals surface area (Å²) in [6.45, 7) is 1.25. The second kappa shape index (κ2) is 6.43. The first-order chi connectivity index (χ1) is 10.3. The number of fused-ring (bicyclic) bond motifs is 1. The fourth-order valence-corrected chi connectivity index (χ4v) is 3.18. The summed E-state index contributed by atoms with van der Waals surface area (Å²) in [4.78, 5) is 4.52. The van der Waals surface area contributed by atoms with E-state index in [2.05, 4.69) is 10.3 Å². The van der Waals surface area contributed by atoms with Crippen molar-refractivity contribution >= 4 is 33.7 Å². The zero-order chi connectivity index (χ0) is 14.7. The molecule has 0 amide bonds. The molecule has 0 radical (unpaired) electrons. The Morgan fingerprint density at radius 1 is 1.19 bits per heavy atom. The molecule has 0 bridgehead atoms. The lowest BCUT2D eigenvalue weighted by Crippen LogP contribution is -2.05. The van der Waals surface area contributed by atoms with Crippen LogP contribution in [0.5, 0.6) is 5.75 Å². The van der Waals surface area contributed by atoms with Crippen molar-refractivity contribution in [2.45, 2.75) is 13.2 Å². The molecule has 3 aromatic rings. The number of rotatable bonds is 5. The summed E-state index contributed by atoms with van der Waals surface area (Å²) < 4.78 is 5.92. The Morgan fingerprint density at radius 3 is 2.81 bits per heavy atom. The molecule has 0 spiro atoms. The average molecular weight is 319 g/mol. The minimum absolute atomic E-state index is 0.464. The van der Waals surface area contributed by atoms with Crippen LogP contribution in [-0.2, 0) is 13.2 Å². The van der Waals surface area contributed by atoms with Crippen molar-refractivity contribution < 1.29 is 4.74 Å². The first-order valence-electron chi connectivity index (χ1n) is 6.66. The van der Waals surface area contributed by atoms with Crippen LogP contribution in [0.4, 0.5) is 0 Å². The maximum absolute atomic E-state index is 6.21. The second-order valence-electron chi connectivity index (χ2n) is 4.64. The van der Waals surface area contributed by atoms with Crippen LogP contribution in [0.25, 0.3) is 10.8 Å². The third-order valence-corrected chi connectivity index (χ3v) is 4.36. The SMILES string of the molecule is CNCc1nc(COc2ccc(Cl)c3ccccc23)cs1. The monoisotopic (exact) mass is 318 g/mol. The average Bonchev–Trinajstić information content (AvgIpc) is 2.95. The molecule has 108 valence electrons. The molecule has 0 fully saturated rings. The van der Waals surface area contributed by atoms with Gasteiger partial charge in [0.1, 0.15) is 17.4 Å². The highest BCUT2D eigenvalue weighted by atomic mass is 35.5. The number of nitrogens with zero attached hydrogens (tertiary/aromatic N) is 1. The summed E-state index contributed by atoms with van der Waals surface area (Å²) in [5.74, 6) is 0.832. The van der Waals surface area contributed by atoms with E-state index in [-0.39, 0.29) is 0 Å². The van der Waals surface area contributed by atoms with E-state index in [0.29, 0.717) is 6.61 Å². The molecule has 5 heteroatoms. The van der Waals surface area contributed by atoms with Crippen LogP contribution in [0, 0.1) is 0 Å². The van der Waals surface area contributed by atoms with Crippen LogP contribution in [0.15, 0.2) is 41.8 Å². The highest BCUT2D eigenvalue weighted by Crippen LogP contribution is 2.31. The van der Waals surface area contributed by atoms with Gasteiger partial charge in [-0.2, -0.15) is 0 Å². The molecule has 2 aromatic carbocycles. The first-order valence-corrected chi connectivity index (χ1v) is 7.91. The van der Waals surface area contributed by atoms with Gasteiger partial charge in [0.15, 0.2) is 0 Å². The van der Waals surface area contributed by atoms with Crippen molar-refractivity contribution in [2.24, 2.45) is 0 Å². The fourth-order valence-electron chi connectivity index (χ4n) is 2.16. The van der Waals surface area contributed by atoms with Crippen molar-refractivity contribution in [3.05, 3.63) is 57.5 Å². The molecule has 0 aliphatic heterocycles. The van der Waals surface area contributed by atoms with E-state index in [1.807, 2.05) is 48.8 Å². The summed E-state index contributed by atoms with van der Waals surface area (Å²) in [6.07, 6.45) is 0. The molecule has 1 aromatic heterocycles. The maximum atomic E-state index is 6.21. The number of benzene rings is 2. The number of halogens is 1. The highest BCUT2D eigenvalue weighted by Gasteiger charge is 2.07. The molecular formula is C16H15ClN2OS. The zero-order valence-corrected chi connectivity index (χ0v) is 13.2. The number of ether oxygens (including phenoxy) is 1. The normalized spacial score (nSPS) is 11.0. The minimum atomic E-state index is 0.464. The highest BCUT2D eigenvalue weighted by molar-refractivity contribution is 7.09. The molecule has 0 atom stereocenters. The molecule has 0 aliphatic carbocycles. The number of hydrogen-bond acceptors (Lipinski definition) is 4. The van der Waals surface area contributed by atoms with Gasteiger partial charge in [0, 0.05) is 27.7 Å². The molecule has 3 nitrogen and oxygen atoms in total. The topological polar surface area (TPSA) is 34.2 Å². The largest absolute Gasteiger partial charge is 0.487 e. The Kier molecular flexibility index (Phi) is 4.39. The molecule has 1 heterocycles. The predicted molar refractivity (Wildman–Crippen MR) is 88.2 cm³/mol. The number of thiazole rings is 1. The van der Waals surface area contributed by atoms with Gasteiger partial charge in [0.05, 0.1) is 5.69 Å². The fraction of sp³-hybridized carbons (Fsp3) is 0.188. The van der Waals surface area contributed by atoms with E-state index in [1.165, 1.54) is 0 Å². The molecule has 3 rings (SSSR count). The van der Waals surface area contributed by atoms with Crippen molar-refractivity contribution in [1.82, 2.24) is 10.3 Å². The van der Waals surface area contributed by atoms with Crippen LogP contribution in [-0.4, -0.2) is 12.0 Å². The first kappa shape index (κ1) is 14.3. The standard InChI is InChI=1S/C16H15ClN2OS/c1-18-8-16-19-11(10-21-16)9-20-15-7-6-14(17)12-4-2-3-5-13(12)15/h2-7,10,18H,8-9H2,1H3. The van der Waals surface area contributed by atoms with Gasteiger partial charge >= 0.3 is 0 Å². The Balaban J connectivity index is 1.80. The molecule has 0 aliphatic rings. The molecule has 21 heavy (non-hydrogen) atoms. The van der Waals surface area contributed by atoms with Crippen molar-refractivity contribution in [2.75, 3.05) is 7.05 Å². The van der Waals surface area contributed by atoms with Crippen LogP contribution in [0.3, 0.4) is 0 Å². The maximum Gasteiger partial charge on any atom is 0.131 e. The lowest BCUT2D eigenvalue weighted by atomic mass is 10.1. The quantitative estimate of drug-likeness (QED) is 0.763. The molecule has 0 saturated heterocycles. The smallest absolute Gasteiger partial charge is 0.131 e. The summed E-state index contributed by atoms with van der Waals surface area (Å²) in [5.41, 5.74) is 0.948. The Labute approximate surface area is 132 Å². The Morgan fingerprint density at radius 2 is 2.00 bits per heavy atom. The summed E-state index contributed by atoms with van der Waals surface area (Å²) >= 11 is 7.85. The second-order valence-corrected chi connectivity index (χ2v) is 5.99. The van der Waals surface area contributed by atoms with E-state index in [1.54, 1.807) is 11.3 Å². The van der Waals surface area contributed by atoms with Gasteiger partial charge in [-0.1, -0.05) is 35.9 Å². The van der Waals surface area contributed by atoms with E-state index >= 15 is 0 Å². The van der Waals surface area contributed by atoms with E-state index in [0.717, 1.165) is 38.8 Å². The third-order valence-electron chi connectivity index (χ3n) is 3.13. The summed E-state index contributed by atoms with van der Waals surface area (Å²) in [7, 11) is 1.91. The van der Waals surface area contributed by atoms with Gasteiger partial charge in [-0.3, -0.25) is 0 Å². The van der Waals surface area contributed by atoms with Crippen LogP contribution < -0.4 is 10.1 Å². The van der Waals surface area contributed by atoms with Gasteiger partial charge in [-0.05, 0) is 19.2 Å². The van der Waals surface area contributed by atoms with Gasteiger partial charge in [0.25, 0.3) is 0 Å². The lowest BCUT2D eigenvalue weighted by molar-refractivity contribution is 0.305. The molecular weight excluding hydrogens is 304 g/mol.